The molecule has 3 aromatic rings. The van der Waals surface area contributed by atoms with E-state index in [0.717, 1.165) is 42.2 Å². The molecule has 0 aliphatic rings. The van der Waals surface area contributed by atoms with Crippen molar-refractivity contribution >= 4 is 17.2 Å². The third-order valence-electron chi connectivity index (χ3n) is 4.84. The second kappa shape index (κ2) is 7.99. The van der Waals surface area contributed by atoms with Gasteiger partial charge in [-0.2, -0.15) is 13.2 Å². The molecule has 0 atom stereocenters. The van der Waals surface area contributed by atoms with E-state index in [1.165, 1.54) is 37.0 Å². The van der Waals surface area contributed by atoms with Gasteiger partial charge in [-0.25, -0.2) is 0 Å². The van der Waals surface area contributed by atoms with Crippen molar-refractivity contribution in [1.29, 1.82) is 0 Å². The highest BCUT2D eigenvalue weighted by Crippen LogP contribution is 2.33. The summed E-state index contributed by atoms with van der Waals surface area (Å²) in [5.74, 6) is 0. The van der Waals surface area contributed by atoms with Crippen LogP contribution in [0.4, 0.5) is 13.2 Å². The average Bonchev–Trinajstić information content (AvgIpc) is 3.02. The van der Waals surface area contributed by atoms with E-state index in [1.807, 2.05) is 18.2 Å². The molecule has 0 fully saturated rings. The minimum Gasteiger partial charge on any atom is -0.354 e. The Morgan fingerprint density at radius 3 is 2.37 bits per heavy atom. The van der Waals surface area contributed by atoms with Crippen LogP contribution in [-0.2, 0) is 12.6 Å². The summed E-state index contributed by atoms with van der Waals surface area (Å²) in [6, 6.07) is 10.8. The first-order valence-electron chi connectivity index (χ1n) is 9.21. The molecule has 0 radical (unpaired) electrons. The first kappa shape index (κ1) is 19.2. The van der Waals surface area contributed by atoms with Crippen LogP contribution < -0.4 is 0 Å². The Hall–Kier alpha value is -2.56. The molecule has 1 N–H and O–H groups in total. The van der Waals surface area contributed by atoms with Gasteiger partial charge in [0.15, 0.2) is 6.29 Å². The number of benzene rings is 2. The zero-order chi connectivity index (χ0) is 19.4. The molecule has 0 spiro atoms. The van der Waals surface area contributed by atoms with Crippen molar-refractivity contribution in [2.75, 3.05) is 0 Å². The average molecular weight is 373 g/mol. The van der Waals surface area contributed by atoms with E-state index >= 15 is 0 Å². The van der Waals surface area contributed by atoms with Crippen molar-refractivity contribution in [2.24, 2.45) is 0 Å². The van der Waals surface area contributed by atoms with Crippen molar-refractivity contribution in [1.82, 2.24) is 4.98 Å². The number of carbonyl (C=O) groups is 1. The van der Waals surface area contributed by atoms with Crippen LogP contribution in [0.25, 0.3) is 22.2 Å². The fraction of sp³-hybridized carbons (Fsp3) is 0.318. The summed E-state index contributed by atoms with van der Waals surface area (Å²) in [5.41, 5.74) is 2.87. The second-order valence-corrected chi connectivity index (χ2v) is 6.80. The number of aromatic amines is 1. The molecule has 2 aromatic carbocycles. The Balaban J connectivity index is 1.93. The molecular formula is C22H22F3NO. The molecule has 0 aliphatic heterocycles. The predicted molar refractivity (Wildman–Crippen MR) is 102 cm³/mol. The van der Waals surface area contributed by atoms with E-state index in [9.17, 15) is 18.0 Å². The van der Waals surface area contributed by atoms with Crippen LogP contribution in [0, 0.1) is 0 Å². The Labute approximate surface area is 156 Å². The number of hydrogen-bond donors (Lipinski definition) is 1. The van der Waals surface area contributed by atoms with E-state index in [-0.39, 0.29) is 0 Å². The van der Waals surface area contributed by atoms with Crippen LogP contribution in [0.3, 0.4) is 0 Å². The third kappa shape index (κ3) is 4.24. The highest BCUT2D eigenvalue weighted by molar-refractivity contribution is 6.04. The molecule has 5 heteroatoms. The quantitative estimate of drug-likeness (QED) is 0.359. The van der Waals surface area contributed by atoms with Gasteiger partial charge in [0.1, 0.15) is 0 Å². The van der Waals surface area contributed by atoms with Gasteiger partial charge in [0.2, 0.25) is 0 Å². The van der Waals surface area contributed by atoms with Crippen LogP contribution in [0.1, 0.15) is 54.1 Å². The fourth-order valence-electron chi connectivity index (χ4n) is 3.35. The van der Waals surface area contributed by atoms with E-state index in [1.54, 1.807) is 0 Å². The maximum Gasteiger partial charge on any atom is 0.416 e. The normalized spacial score (nSPS) is 11.9. The van der Waals surface area contributed by atoms with Crippen LogP contribution in [0.5, 0.6) is 0 Å². The number of hydrogen-bond acceptors (Lipinski definition) is 1. The molecule has 0 saturated carbocycles. The molecule has 0 bridgehead atoms. The van der Waals surface area contributed by atoms with E-state index in [4.69, 9.17) is 0 Å². The number of rotatable bonds is 7. The van der Waals surface area contributed by atoms with Crippen molar-refractivity contribution in [3.8, 4) is 11.3 Å². The van der Waals surface area contributed by atoms with Crippen LogP contribution in [0.15, 0.2) is 42.5 Å². The number of carbonyl (C=O) groups excluding carboxylic acids is 1. The summed E-state index contributed by atoms with van der Waals surface area (Å²) in [5, 5.41) is 0.813. The fourth-order valence-corrected chi connectivity index (χ4v) is 3.35. The van der Waals surface area contributed by atoms with Crippen molar-refractivity contribution in [3.05, 3.63) is 59.2 Å². The van der Waals surface area contributed by atoms with Gasteiger partial charge in [-0.3, -0.25) is 4.79 Å². The summed E-state index contributed by atoms with van der Waals surface area (Å²) >= 11 is 0. The summed E-state index contributed by atoms with van der Waals surface area (Å²) in [4.78, 5) is 14.9. The van der Waals surface area contributed by atoms with E-state index in [0.29, 0.717) is 16.8 Å². The second-order valence-electron chi connectivity index (χ2n) is 6.80. The molecule has 0 saturated heterocycles. The molecule has 0 unspecified atom stereocenters. The zero-order valence-electron chi connectivity index (χ0n) is 15.2. The van der Waals surface area contributed by atoms with Crippen LogP contribution in [-0.4, -0.2) is 11.3 Å². The summed E-state index contributed by atoms with van der Waals surface area (Å²) in [6.45, 7) is 2.17. The van der Waals surface area contributed by atoms with Gasteiger partial charge in [-0.15, -0.1) is 0 Å². The molecule has 1 aromatic heterocycles. The lowest BCUT2D eigenvalue weighted by molar-refractivity contribution is -0.137. The molecule has 0 amide bonds. The number of aryl methyl sites for hydroxylation is 1. The van der Waals surface area contributed by atoms with Gasteiger partial charge < -0.3 is 4.98 Å². The summed E-state index contributed by atoms with van der Waals surface area (Å²) in [6.07, 6.45) is 2.03. The minimum atomic E-state index is -4.38. The van der Waals surface area contributed by atoms with E-state index < -0.39 is 11.7 Å². The number of fused-ring (bicyclic) bond motifs is 1. The predicted octanol–water partition coefficient (Wildman–Crippen LogP) is 6.79. The Kier molecular flexibility index (Phi) is 5.68. The smallest absolute Gasteiger partial charge is 0.354 e. The molecule has 1 heterocycles. The highest BCUT2D eigenvalue weighted by atomic mass is 19.4. The molecule has 142 valence electrons. The van der Waals surface area contributed by atoms with Crippen molar-refractivity contribution in [3.63, 3.8) is 0 Å². The number of nitrogens with one attached hydrogen (secondary N) is 1. The van der Waals surface area contributed by atoms with Gasteiger partial charge in [0, 0.05) is 16.5 Å². The SMILES string of the molecule is CCCCCCc1ccc2[nH]c(-c3ccc(C(F)(F)F)cc3)c(C=O)c2c1. The molecule has 3 rings (SSSR count). The van der Waals surface area contributed by atoms with Gasteiger partial charge in [0.25, 0.3) is 0 Å². The lowest BCUT2D eigenvalue weighted by atomic mass is 10.0. The number of aldehydes is 1. The standard InChI is InChI=1S/C22H22F3NO/c1-2-3-4-5-6-15-7-12-20-18(13-15)19(14-27)21(26-20)16-8-10-17(11-9-16)22(23,24)25/h7-14,26H,2-6H2,1H3. The number of alkyl halides is 3. The van der Waals surface area contributed by atoms with Gasteiger partial charge in [0.05, 0.1) is 11.3 Å². The Bertz CT molecular complexity index is 923. The van der Waals surface area contributed by atoms with Crippen LogP contribution in [0.2, 0.25) is 0 Å². The molecular weight excluding hydrogens is 351 g/mol. The Morgan fingerprint density at radius 2 is 1.74 bits per heavy atom. The van der Waals surface area contributed by atoms with Gasteiger partial charge in [-0.05, 0) is 48.2 Å². The molecule has 0 aliphatic carbocycles. The largest absolute Gasteiger partial charge is 0.416 e. The van der Waals surface area contributed by atoms with Crippen LogP contribution >= 0.6 is 0 Å². The number of aromatic nitrogens is 1. The number of unbranched alkanes of at least 4 members (excludes halogenated alkanes) is 3. The Morgan fingerprint density at radius 1 is 1.00 bits per heavy atom. The van der Waals surface area contributed by atoms with E-state index in [2.05, 4.69) is 11.9 Å². The first-order valence-corrected chi connectivity index (χ1v) is 9.21. The monoisotopic (exact) mass is 373 g/mol. The molecule has 2 nitrogen and oxygen atoms in total. The number of halogens is 3. The summed E-state index contributed by atoms with van der Waals surface area (Å²) in [7, 11) is 0. The maximum absolute atomic E-state index is 12.8. The minimum absolute atomic E-state index is 0.486. The van der Waals surface area contributed by atoms with Crippen molar-refractivity contribution in [2.45, 2.75) is 45.2 Å². The third-order valence-corrected chi connectivity index (χ3v) is 4.84. The lowest BCUT2D eigenvalue weighted by Crippen LogP contribution is -2.04. The van der Waals surface area contributed by atoms with Crippen molar-refractivity contribution < 1.29 is 18.0 Å². The van der Waals surface area contributed by atoms with Gasteiger partial charge >= 0.3 is 6.18 Å². The van der Waals surface area contributed by atoms with Gasteiger partial charge in [-0.1, -0.05) is 44.4 Å². The summed E-state index contributed by atoms with van der Waals surface area (Å²) < 4.78 is 38.3. The first-order chi connectivity index (χ1) is 12.9. The zero-order valence-corrected chi connectivity index (χ0v) is 15.2. The number of H-pyrrole nitrogens is 1. The maximum atomic E-state index is 12.8. The topological polar surface area (TPSA) is 32.9 Å². The lowest BCUT2D eigenvalue weighted by Gasteiger charge is -2.07. The highest BCUT2D eigenvalue weighted by Gasteiger charge is 2.30. The molecule has 27 heavy (non-hydrogen) atoms.